The second-order valence-electron chi connectivity index (χ2n) is 6.80. The number of hydrogen-bond acceptors (Lipinski definition) is 4. The first-order valence-corrected chi connectivity index (χ1v) is 9.24. The van der Waals surface area contributed by atoms with Crippen LogP contribution in [0.25, 0.3) is 11.3 Å². The summed E-state index contributed by atoms with van der Waals surface area (Å²) in [5.41, 5.74) is 5.23. The van der Waals surface area contributed by atoms with Gasteiger partial charge in [-0.15, -0.1) is 0 Å². The Bertz CT molecular complexity index is 935. The molecule has 1 aliphatic heterocycles. The molecule has 6 nitrogen and oxygen atoms in total. The van der Waals surface area contributed by atoms with Gasteiger partial charge in [0, 0.05) is 55.5 Å². The number of aromatic nitrogens is 3. The molecule has 1 aromatic carbocycles. The van der Waals surface area contributed by atoms with Crippen LogP contribution in [0, 0.1) is 0 Å². The van der Waals surface area contributed by atoms with Gasteiger partial charge in [0.2, 0.25) is 5.91 Å². The normalized spacial score (nSPS) is 13.4. The van der Waals surface area contributed by atoms with E-state index in [1.165, 1.54) is 5.56 Å². The highest BCUT2D eigenvalue weighted by atomic mass is 16.2. The molecule has 0 aliphatic carbocycles. The summed E-state index contributed by atoms with van der Waals surface area (Å²) in [6, 6.07) is 12.1. The molecule has 0 bridgehead atoms. The largest absolute Gasteiger partial charge is 0.311 e. The molecule has 2 aromatic heterocycles. The molecule has 6 heteroatoms. The Kier molecular flexibility index (Phi) is 4.98. The summed E-state index contributed by atoms with van der Waals surface area (Å²) in [5, 5.41) is 7.83. The zero-order chi connectivity index (χ0) is 18.6. The quantitative estimate of drug-likeness (QED) is 0.759. The Balaban J connectivity index is 1.42. The Hall–Kier alpha value is -2.99. The van der Waals surface area contributed by atoms with Gasteiger partial charge in [-0.25, -0.2) is 0 Å². The van der Waals surface area contributed by atoms with E-state index >= 15 is 0 Å². The van der Waals surface area contributed by atoms with E-state index in [-0.39, 0.29) is 5.91 Å². The first kappa shape index (κ1) is 17.4. The van der Waals surface area contributed by atoms with Crippen LogP contribution in [-0.2, 0) is 24.8 Å². The van der Waals surface area contributed by atoms with Gasteiger partial charge >= 0.3 is 0 Å². The number of anilines is 1. The first-order valence-electron chi connectivity index (χ1n) is 9.24. The zero-order valence-corrected chi connectivity index (χ0v) is 15.4. The topological polar surface area (TPSA) is 63.1 Å². The number of nitrogens with zero attached hydrogens (tertiary/aromatic N) is 4. The molecule has 0 saturated heterocycles. The number of benzene rings is 1. The third-order valence-corrected chi connectivity index (χ3v) is 4.84. The van der Waals surface area contributed by atoms with E-state index < -0.39 is 0 Å². The lowest BCUT2D eigenvalue weighted by atomic mass is 10.0. The fourth-order valence-corrected chi connectivity index (χ4v) is 3.61. The molecule has 4 rings (SSSR count). The molecule has 1 aliphatic rings. The van der Waals surface area contributed by atoms with Crippen LogP contribution in [-0.4, -0.2) is 33.8 Å². The lowest BCUT2D eigenvalue weighted by Gasteiger charge is -2.29. The summed E-state index contributed by atoms with van der Waals surface area (Å²) in [6.45, 7) is 1.67. The summed E-state index contributed by atoms with van der Waals surface area (Å²) in [5.74, 6) is 0.106. The average Bonchev–Trinajstić information content (AvgIpc) is 3.08. The third-order valence-electron chi connectivity index (χ3n) is 4.84. The lowest BCUT2D eigenvalue weighted by molar-refractivity contribution is -0.117. The smallest absolute Gasteiger partial charge is 0.240 e. The van der Waals surface area contributed by atoms with E-state index in [1.54, 1.807) is 10.9 Å². The molecule has 27 heavy (non-hydrogen) atoms. The molecule has 3 aromatic rings. The monoisotopic (exact) mass is 361 g/mol. The van der Waals surface area contributed by atoms with Gasteiger partial charge in [-0.3, -0.25) is 14.5 Å². The highest BCUT2D eigenvalue weighted by Crippen LogP contribution is 2.26. The van der Waals surface area contributed by atoms with Gasteiger partial charge in [0.1, 0.15) is 0 Å². The van der Waals surface area contributed by atoms with Gasteiger partial charge in [-0.05, 0) is 36.6 Å². The third kappa shape index (κ3) is 3.75. The average molecular weight is 361 g/mol. The summed E-state index contributed by atoms with van der Waals surface area (Å²) in [6.07, 6.45) is 7.59. The molecular formula is C21H23N5O. The van der Waals surface area contributed by atoms with E-state index in [0.29, 0.717) is 13.1 Å². The van der Waals surface area contributed by atoms with Crippen molar-refractivity contribution in [2.75, 3.05) is 18.0 Å². The fraction of sp³-hybridized carbons (Fsp3) is 0.286. The standard InChI is InChI=1S/C21H23N5O/c1-25-15-18(21(24-25)17-7-4-10-22-12-17)13-23-14-20(27)26-11-5-8-16-6-2-3-9-19(16)26/h2-4,6-7,9-10,12,15,23H,5,8,11,13-14H2,1H3. The minimum Gasteiger partial charge on any atom is -0.311 e. The molecular weight excluding hydrogens is 338 g/mol. The van der Waals surface area contributed by atoms with Gasteiger partial charge in [0.05, 0.1) is 12.2 Å². The first-order chi connectivity index (χ1) is 13.2. The van der Waals surface area contributed by atoms with Crippen LogP contribution in [0.1, 0.15) is 17.5 Å². The van der Waals surface area contributed by atoms with Crippen molar-refractivity contribution in [3.63, 3.8) is 0 Å². The minimum atomic E-state index is 0.106. The maximum atomic E-state index is 12.7. The van der Waals surface area contributed by atoms with Crippen LogP contribution < -0.4 is 10.2 Å². The summed E-state index contributed by atoms with van der Waals surface area (Å²) in [7, 11) is 1.90. The molecule has 0 fully saturated rings. The number of carbonyl (C=O) groups excluding carboxylic acids is 1. The van der Waals surface area contributed by atoms with Crippen LogP contribution in [0.5, 0.6) is 0 Å². The summed E-state index contributed by atoms with van der Waals surface area (Å²) in [4.78, 5) is 18.8. The summed E-state index contributed by atoms with van der Waals surface area (Å²) >= 11 is 0. The molecule has 1 amide bonds. The van der Waals surface area contributed by atoms with Crippen molar-refractivity contribution in [2.45, 2.75) is 19.4 Å². The Morgan fingerprint density at radius 2 is 2.11 bits per heavy atom. The van der Waals surface area contributed by atoms with E-state index in [1.807, 2.05) is 54.7 Å². The van der Waals surface area contributed by atoms with Gasteiger partial charge < -0.3 is 10.2 Å². The van der Waals surface area contributed by atoms with E-state index in [4.69, 9.17) is 0 Å². The maximum Gasteiger partial charge on any atom is 0.240 e. The number of fused-ring (bicyclic) bond motifs is 1. The fourth-order valence-electron chi connectivity index (χ4n) is 3.61. The predicted molar refractivity (Wildman–Crippen MR) is 105 cm³/mol. The molecule has 0 spiro atoms. The zero-order valence-electron chi connectivity index (χ0n) is 15.4. The second kappa shape index (κ2) is 7.72. The highest BCUT2D eigenvalue weighted by Gasteiger charge is 2.21. The van der Waals surface area contributed by atoms with Crippen molar-refractivity contribution >= 4 is 11.6 Å². The number of para-hydroxylation sites is 1. The van der Waals surface area contributed by atoms with Crippen LogP contribution in [0.15, 0.2) is 55.0 Å². The van der Waals surface area contributed by atoms with Crippen molar-refractivity contribution in [1.29, 1.82) is 0 Å². The molecule has 0 radical (unpaired) electrons. The number of nitrogens with one attached hydrogen (secondary N) is 1. The van der Waals surface area contributed by atoms with Crippen LogP contribution in [0.3, 0.4) is 0 Å². The SMILES string of the molecule is Cn1cc(CNCC(=O)N2CCCc3ccccc32)c(-c2cccnc2)n1. The number of amides is 1. The molecule has 1 N–H and O–H groups in total. The summed E-state index contributed by atoms with van der Waals surface area (Å²) < 4.78 is 1.79. The van der Waals surface area contributed by atoms with Gasteiger partial charge in [-0.2, -0.15) is 5.10 Å². The van der Waals surface area contributed by atoms with Crippen molar-refractivity contribution in [1.82, 2.24) is 20.1 Å². The minimum absolute atomic E-state index is 0.106. The van der Waals surface area contributed by atoms with Crippen molar-refractivity contribution in [3.8, 4) is 11.3 Å². The molecule has 138 valence electrons. The van der Waals surface area contributed by atoms with Crippen molar-refractivity contribution in [3.05, 3.63) is 66.1 Å². The van der Waals surface area contributed by atoms with Gasteiger partial charge in [0.15, 0.2) is 0 Å². The highest BCUT2D eigenvalue weighted by molar-refractivity contribution is 5.95. The van der Waals surface area contributed by atoms with E-state index in [0.717, 1.165) is 41.9 Å². The van der Waals surface area contributed by atoms with Crippen LogP contribution in [0.2, 0.25) is 0 Å². The maximum absolute atomic E-state index is 12.7. The molecule has 0 atom stereocenters. The predicted octanol–water partition coefficient (Wildman–Crippen LogP) is 2.55. The molecule has 3 heterocycles. The van der Waals surface area contributed by atoms with E-state index in [9.17, 15) is 4.79 Å². The Morgan fingerprint density at radius 3 is 2.96 bits per heavy atom. The van der Waals surface area contributed by atoms with Gasteiger partial charge in [0.25, 0.3) is 0 Å². The number of rotatable bonds is 5. The van der Waals surface area contributed by atoms with Crippen LogP contribution in [0.4, 0.5) is 5.69 Å². The molecule has 0 saturated carbocycles. The lowest BCUT2D eigenvalue weighted by Crippen LogP contribution is -2.41. The molecule has 0 unspecified atom stereocenters. The van der Waals surface area contributed by atoms with Crippen LogP contribution >= 0.6 is 0 Å². The van der Waals surface area contributed by atoms with Crippen molar-refractivity contribution in [2.24, 2.45) is 7.05 Å². The Morgan fingerprint density at radius 1 is 1.22 bits per heavy atom. The van der Waals surface area contributed by atoms with Gasteiger partial charge in [-0.1, -0.05) is 18.2 Å². The number of pyridine rings is 1. The Labute approximate surface area is 158 Å². The number of carbonyl (C=O) groups is 1. The number of aryl methyl sites for hydroxylation is 2. The van der Waals surface area contributed by atoms with E-state index in [2.05, 4.69) is 21.5 Å². The van der Waals surface area contributed by atoms with Crippen molar-refractivity contribution < 1.29 is 4.79 Å². The second-order valence-corrected chi connectivity index (χ2v) is 6.80. The number of hydrogen-bond donors (Lipinski definition) is 1.